The van der Waals surface area contributed by atoms with Gasteiger partial charge in [0.2, 0.25) is 0 Å². The number of carbonyl (C=O) groups is 1. The van der Waals surface area contributed by atoms with Gasteiger partial charge in [0.15, 0.2) is 0 Å². The van der Waals surface area contributed by atoms with Crippen molar-refractivity contribution in [2.45, 2.75) is 33.6 Å². The number of ether oxygens (including phenoxy) is 1. The van der Waals surface area contributed by atoms with Crippen molar-refractivity contribution in [2.24, 2.45) is 0 Å². The number of hydrogen-bond donors (Lipinski definition) is 3. The number of aliphatic hydroxyl groups is 2. The Labute approximate surface area is 104 Å². The third kappa shape index (κ3) is 51.4. The fourth-order valence-corrected chi connectivity index (χ4v) is 0.555. The Balaban J connectivity index is -0.000000188. The molecule has 0 aliphatic heterocycles. The van der Waals surface area contributed by atoms with E-state index in [1.54, 1.807) is 6.08 Å². The molecule has 0 aliphatic rings. The highest BCUT2D eigenvalue weighted by atomic mass is 16.5. The van der Waals surface area contributed by atoms with Crippen LogP contribution in [0.5, 0.6) is 0 Å². The molecular formula is C12H26O5. The Bertz CT molecular complexity index is 153. The number of carboxylic acids is 1. The molecule has 0 aromatic heterocycles. The van der Waals surface area contributed by atoms with Crippen LogP contribution in [0, 0.1) is 0 Å². The standard InChI is InChI=1S/C6H10O2.C4H10O.C2H6O2/c1-2-3-4-5-6(7)8;1-3-5-4-2;3-1-2-4/h4-5H,2-3H2,1H3,(H,7,8);3-4H2,1-2H3;3-4H,1-2H2. The monoisotopic (exact) mass is 250 g/mol. The van der Waals surface area contributed by atoms with Gasteiger partial charge < -0.3 is 20.1 Å². The molecule has 5 heteroatoms. The summed E-state index contributed by atoms with van der Waals surface area (Å²) in [5.41, 5.74) is 0. The molecule has 0 radical (unpaired) electrons. The van der Waals surface area contributed by atoms with Gasteiger partial charge in [-0.1, -0.05) is 19.4 Å². The highest BCUT2D eigenvalue weighted by Gasteiger charge is 1.81. The molecule has 0 rings (SSSR count). The third-order valence-corrected chi connectivity index (χ3v) is 1.22. The molecule has 0 aromatic rings. The summed E-state index contributed by atoms with van der Waals surface area (Å²) in [6, 6.07) is 0. The normalized spacial score (nSPS) is 9.00. The number of hydrogen-bond acceptors (Lipinski definition) is 4. The maximum absolute atomic E-state index is 9.79. The number of unbranched alkanes of at least 4 members (excludes halogenated alkanes) is 1. The molecule has 3 N–H and O–H groups in total. The lowest BCUT2D eigenvalue weighted by atomic mass is 10.3. The highest BCUT2D eigenvalue weighted by Crippen LogP contribution is 1.86. The predicted molar refractivity (Wildman–Crippen MR) is 68.0 cm³/mol. The minimum absolute atomic E-state index is 0.125. The van der Waals surface area contributed by atoms with E-state index in [1.807, 2.05) is 20.8 Å². The number of carboxylic acid groups (broad SMARTS) is 1. The Kier molecular flexibility index (Phi) is 30.6. The molecule has 0 saturated heterocycles. The molecule has 0 heterocycles. The molecule has 104 valence electrons. The van der Waals surface area contributed by atoms with Gasteiger partial charge in [-0.3, -0.25) is 0 Å². The van der Waals surface area contributed by atoms with Gasteiger partial charge in [-0.2, -0.15) is 0 Å². The number of rotatable bonds is 6. The number of aliphatic carboxylic acids is 1. The summed E-state index contributed by atoms with van der Waals surface area (Å²) in [5, 5.41) is 23.3. The quantitative estimate of drug-likeness (QED) is 0.621. The molecule has 0 aliphatic carbocycles. The first-order valence-corrected chi connectivity index (χ1v) is 5.79. The largest absolute Gasteiger partial charge is 0.478 e. The van der Waals surface area contributed by atoms with Crippen LogP contribution in [-0.4, -0.2) is 47.7 Å². The molecular weight excluding hydrogens is 224 g/mol. The molecule has 17 heavy (non-hydrogen) atoms. The molecule has 0 saturated carbocycles. The lowest BCUT2D eigenvalue weighted by molar-refractivity contribution is -0.131. The zero-order chi connectivity index (χ0) is 13.9. The van der Waals surface area contributed by atoms with Crippen molar-refractivity contribution in [3.8, 4) is 0 Å². The summed E-state index contributed by atoms with van der Waals surface area (Å²) in [6.07, 6.45) is 4.68. The van der Waals surface area contributed by atoms with E-state index in [9.17, 15) is 4.79 Å². The third-order valence-electron chi connectivity index (χ3n) is 1.22. The molecule has 0 unspecified atom stereocenters. The van der Waals surface area contributed by atoms with Crippen LogP contribution in [0.1, 0.15) is 33.6 Å². The first-order valence-electron chi connectivity index (χ1n) is 5.79. The lowest BCUT2D eigenvalue weighted by Crippen LogP contribution is -1.85. The van der Waals surface area contributed by atoms with Crippen molar-refractivity contribution < 1.29 is 24.9 Å². The van der Waals surface area contributed by atoms with Crippen LogP contribution in [0.4, 0.5) is 0 Å². The van der Waals surface area contributed by atoms with E-state index in [0.29, 0.717) is 0 Å². The van der Waals surface area contributed by atoms with E-state index in [0.717, 1.165) is 26.1 Å². The second-order valence-electron chi connectivity index (χ2n) is 2.76. The zero-order valence-electron chi connectivity index (χ0n) is 11.1. The summed E-state index contributed by atoms with van der Waals surface area (Å²) < 4.78 is 4.83. The summed E-state index contributed by atoms with van der Waals surface area (Å²) in [7, 11) is 0. The fraction of sp³-hybridized carbons (Fsp3) is 0.750. The smallest absolute Gasteiger partial charge is 0.327 e. The lowest BCUT2D eigenvalue weighted by Gasteiger charge is -1.86. The first-order chi connectivity index (χ1) is 8.10. The van der Waals surface area contributed by atoms with Crippen LogP contribution in [-0.2, 0) is 9.53 Å². The minimum Gasteiger partial charge on any atom is -0.478 e. The van der Waals surface area contributed by atoms with E-state index in [2.05, 4.69) is 0 Å². The van der Waals surface area contributed by atoms with Gasteiger partial charge in [0.1, 0.15) is 0 Å². The van der Waals surface area contributed by atoms with E-state index in [1.165, 1.54) is 6.08 Å². The summed E-state index contributed by atoms with van der Waals surface area (Å²) >= 11 is 0. The van der Waals surface area contributed by atoms with Gasteiger partial charge in [-0.25, -0.2) is 4.79 Å². The maximum Gasteiger partial charge on any atom is 0.327 e. The Hall–Kier alpha value is -0.910. The van der Waals surface area contributed by atoms with Crippen molar-refractivity contribution in [3.63, 3.8) is 0 Å². The first kappa shape index (κ1) is 21.4. The van der Waals surface area contributed by atoms with Gasteiger partial charge in [0.25, 0.3) is 0 Å². The maximum atomic E-state index is 9.79. The van der Waals surface area contributed by atoms with Crippen molar-refractivity contribution >= 4 is 5.97 Å². The van der Waals surface area contributed by atoms with Crippen molar-refractivity contribution in [2.75, 3.05) is 26.4 Å². The molecule has 0 atom stereocenters. The van der Waals surface area contributed by atoms with Crippen molar-refractivity contribution in [3.05, 3.63) is 12.2 Å². The molecule has 5 nitrogen and oxygen atoms in total. The molecule has 0 fully saturated rings. The van der Waals surface area contributed by atoms with Gasteiger partial charge in [-0.05, 0) is 20.3 Å². The van der Waals surface area contributed by atoms with Gasteiger partial charge in [0.05, 0.1) is 13.2 Å². The number of aliphatic hydroxyl groups excluding tert-OH is 2. The minimum atomic E-state index is -0.863. The number of allylic oxidation sites excluding steroid dienone is 1. The topological polar surface area (TPSA) is 87.0 Å². The summed E-state index contributed by atoms with van der Waals surface area (Å²) in [4.78, 5) is 9.79. The van der Waals surface area contributed by atoms with E-state index in [4.69, 9.17) is 20.1 Å². The van der Waals surface area contributed by atoms with Gasteiger partial charge in [0, 0.05) is 19.3 Å². The van der Waals surface area contributed by atoms with Crippen LogP contribution >= 0.6 is 0 Å². The van der Waals surface area contributed by atoms with Crippen LogP contribution in [0.15, 0.2) is 12.2 Å². The Morgan fingerprint density at radius 1 is 1.12 bits per heavy atom. The van der Waals surface area contributed by atoms with E-state index in [-0.39, 0.29) is 13.2 Å². The van der Waals surface area contributed by atoms with Crippen molar-refractivity contribution in [1.82, 2.24) is 0 Å². The Morgan fingerprint density at radius 3 is 1.76 bits per heavy atom. The van der Waals surface area contributed by atoms with Crippen LogP contribution < -0.4 is 0 Å². The van der Waals surface area contributed by atoms with Gasteiger partial charge >= 0.3 is 5.97 Å². The zero-order valence-corrected chi connectivity index (χ0v) is 11.1. The summed E-state index contributed by atoms with van der Waals surface area (Å²) in [5.74, 6) is -0.863. The molecule has 0 aromatic carbocycles. The highest BCUT2D eigenvalue weighted by molar-refractivity contribution is 5.79. The molecule has 0 spiro atoms. The SMILES string of the molecule is CCCC=CC(=O)O.CCOCC.OCCO. The van der Waals surface area contributed by atoms with Crippen LogP contribution in [0.25, 0.3) is 0 Å². The van der Waals surface area contributed by atoms with Crippen LogP contribution in [0.2, 0.25) is 0 Å². The van der Waals surface area contributed by atoms with Gasteiger partial charge in [-0.15, -0.1) is 0 Å². The van der Waals surface area contributed by atoms with E-state index < -0.39 is 5.97 Å². The average Bonchev–Trinajstić information content (AvgIpc) is 2.31. The average molecular weight is 250 g/mol. The van der Waals surface area contributed by atoms with Crippen LogP contribution in [0.3, 0.4) is 0 Å². The molecule has 0 bridgehead atoms. The summed E-state index contributed by atoms with van der Waals surface area (Å²) in [6.45, 7) is 7.42. The Morgan fingerprint density at radius 2 is 1.59 bits per heavy atom. The fourth-order valence-electron chi connectivity index (χ4n) is 0.555. The van der Waals surface area contributed by atoms with E-state index >= 15 is 0 Å². The molecule has 0 amide bonds. The predicted octanol–water partition coefficient (Wildman–Crippen LogP) is 1.44. The van der Waals surface area contributed by atoms with Crippen molar-refractivity contribution in [1.29, 1.82) is 0 Å². The second kappa shape index (κ2) is 24.4. The second-order valence-corrected chi connectivity index (χ2v) is 2.76.